The molecule has 0 aromatic carbocycles. The number of ether oxygens (including phenoxy) is 6. The van der Waals surface area contributed by atoms with Gasteiger partial charge in [-0.1, -0.05) is 0 Å². The summed E-state index contributed by atoms with van der Waals surface area (Å²) in [5.41, 5.74) is 0. The van der Waals surface area contributed by atoms with Crippen LogP contribution in [0.25, 0.3) is 0 Å². The number of aliphatic hydroxyl groups is 2. The van der Waals surface area contributed by atoms with Crippen molar-refractivity contribution in [2.45, 2.75) is 75.9 Å². The van der Waals surface area contributed by atoms with Gasteiger partial charge in [0.25, 0.3) is 0 Å². The van der Waals surface area contributed by atoms with Crippen LogP contribution in [0.4, 0.5) is 0 Å². The lowest BCUT2D eigenvalue weighted by molar-refractivity contribution is -0.327. The predicted octanol–water partition coefficient (Wildman–Crippen LogP) is -1.76. The monoisotopic (exact) mass is 574 g/mol. The van der Waals surface area contributed by atoms with Crippen LogP contribution in [0.3, 0.4) is 0 Å². The molecule has 1 rings (SSSR count). The number of methoxy groups -OCH3 is 1. The maximum absolute atomic E-state index is 11.8. The summed E-state index contributed by atoms with van der Waals surface area (Å²) < 4.78 is 36.6. The standard InChI is InChI=1S/C19H27BrO15/c1-7(23)30-14-11(6-22)33-19(17(32-9(3)25)16(14)31-8(2)24)34-13(10(5-21)29-4)15(35-20)12(26)18(27)28/h5,10-17,19,22,26H,6H2,1-4H3,(H,27,28)/t10-,11-,12+,13+,14-,15+,16+,17-,19-/m1/s1. The molecule has 1 aliphatic rings. The number of aliphatic carboxylic acids is 1. The van der Waals surface area contributed by atoms with E-state index in [9.17, 15) is 39.3 Å². The van der Waals surface area contributed by atoms with Gasteiger partial charge in [-0.2, -0.15) is 0 Å². The second-order valence-corrected chi connectivity index (χ2v) is 7.60. The first kappa shape index (κ1) is 30.8. The van der Waals surface area contributed by atoms with E-state index in [2.05, 4.69) is 16.3 Å². The number of hydrogen-bond donors (Lipinski definition) is 3. The maximum atomic E-state index is 11.8. The third kappa shape index (κ3) is 8.45. The van der Waals surface area contributed by atoms with Gasteiger partial charge in [-0.25, -0.2) is 4.79 Å². The van der Waals surface area contributed by atoms with Gasteiger partial charge in [-0.05, 0) is 0 Å². The molecule has 0 spiro atoms. The lowest BCUT2D eigenvalue weighted by atomic mass is 9.97. The van der Waals surface area contributed by atoms with Gasteiger partial charge < -0.3 is 48.5 Å². The Kier molecular flexibility index (Phi) is 12.7. The Morgan fingerprint density at radius 3 is 1.89 bits per heavy atom. The zero-order valence-electron chi connectivity index (χ0n) is 19.1. The minimum Gasteiger partial charge on any atom is -0.479 e. The van der Waals surface area contributed by atoms with E-state index in [-0.39, 0.29) is 6.29 Å². The van der Waals surface area contributed by atoms with Crippen molar-refractivity contribution in [2.75, 3.05) is 13.7 Å². The normalized spacial score (nSPS) is 27.6. The van der Waals surface area contributed by atoms with Gasteiger partial charge in [0.2, 0.25) is 0 Å². The van der Waals surface area contributed by atoms with Crippen LogP contribution in [-0.2, 0) is 56.2 Å². The topological polar surface area (TPSA) is 211 Å². The Morgan fingerprint density at radius 2 is 1.49 bits per heavy atom. The molecule has 200 valence electrons. The Morgan fingerprint density at radius 1 is 0.971 bits per heavy atom. The van der Waals surface area contributed by atoms with Crippen LogP contribution >= 0.6 is 16.3 Å². The molecule has 0 aromatic heterocycles. The number of carboxylic acids is 1. The Labute approximate surface area is 207 Å². The number of rotatable bonds is 13. The first-order valence-electron chi connectivity index (χ1n) is 10.0. The van der Waals surface area contributed by atoms with Crippen molar-refractivity contribution in [3.05, 3.63) is 0 Å². The van der Waals surface area contributed by atoms with Gasteiger partial charge >= 0.3 is 23.9 Å². The van der Waals surface area contributed by atoms with Crippen LogP contribution in [0.15, 0.2) is 0 Å². The van der Waals surface area contributed by atoms with Crippen molar-refractivity contribution in [3.8, 4) is 0 Å². The summed E-state index contributed by atoms with van der Waals surface area (Å²) in [7, 11) is 1.08. The molecule has 0 amide bonds. The van der Waals surface area contributed by atoms with Crippen LogP contribution in [0, 0.1) is 0 Å². The fourth-order valence-electron chi connectivity index (χ4n) is 3.29. The molecule has 0 aromatic rings. The smallest absolute Gasteiger partial charge is 0.335 e. The Bertz CT molecular complexity index is 761. The zero-order valence-corrected chi connectivity index (χ0v) is 20.7. The quantitative estimate of drug-likeness (QED) is 0.126. The van der Waals surface area contributed by atoms with Gasteiger partial charge in [0.05, 0.1) is 22.9 Å². The second-order valence-electron chi connectivity index (χ2n) is 7.22. The summed E-state index contributed by atoms with van der Waals surface area (Å²) in [5, 5.41) is 29.1. The molecule has 0 aliphatic carbocycles. The van der Waals surface area contributed by atoms with E-state index in [1.807, 2.05) is 0 Å². The van der Waals surface area contributed by atoms with Crippen LogP contribution in [0.5, 0.6) is 0 Å². The van der Waals surface area contributed by atoms with Gasteiger partial charge in [0.1, 0.15) is 24.4 Å². The molecule has 1 fully saturated rings. The van der Waals surface area contributed by atoms with Crippen LogP contribution < -0.4 is 0 Å². The van der Waals surface area contributed by atoms with Crippen molar-refractivity contribution in [1.82, 2.24) is 0 Å². The second kappa shape index (κ2) is 14.4. The van der Waals surface area contributed by atoms with E-state index in [4.69, 9.17) is 32.2 Å². The number of hydrogen-bond acceptors (Lipinski definition) is 14. The van der Waals surface area contributed by atoms with Crippen molar-refractivity contribution < 1.29 is 71.5 Å². The molecule has 35 heavy (non-hydrogen) atoms. The molecule has 0 saturated carbocycles. The molecule has 3 N–H and O–H groups in total. The van der Waals surface area contributed by atoms with Crippen molar-refractivity contribution >= 4 is 46.4 Å². The number of aldehydes is 1. The van der Waals surface area contributed by atoms with Gasteiger partial charge in [0, 0.05) is 27.9 Å². The highest BCUT2D eigenvalue weighted by molar-refractivity contribution is 9.06. The van der Waals surface area contributed by atoms with Crippen LogP contribution in [-0.4, -0.2) is 114 Å². The molecule has 1 heterocycles. The number of carboxylic acid groups (broad SMARTS) is 1. The van der Waals surface area contributed by atoms with E-state index in [0.29, 0.717) is 0 Å². The average molecular weight is 575 g/mol. The largest absolute Gasteiger partial charge is 0.479 e. The Hall–Kier alpha value is -2.21. The molecule has 1 saturated heterocycles. The predicted molar refractivity (Wildman–Crippen MR) is 112 cm³/mol. The molecular weight excluding hydrogens is 548 g/mol. The Balaban J connectivity index is 3.55. The highest BCUT2D eigenvalue weighted by Gasteiger charge is 2.54. The number of halogens is 1. The summed E-state index contributed by atoms with van der Waals surface area (Å²) in [5.74, 6) is -4.39. The van der Waals surface area contributed by atoms with Gasteiger partial charge in [-0.3, -0.25) is 18.2 Å². The van der Waals surface area contributed by atoms with E-state index in [1.165, 1.54) is 0 Å². The number of aliphatic hydroxyl groups excluding tert-OH is 2. The zero-order chi connectivity index (χ0) is 26.9. The molecular formula is C19H27BrO15. The molecule has 1 aliphatic heterocycles. The third-order valence-corrected chi connectivity index (χ3v) is 5.12. The van der Waals surface area contributed by atoms with E-state index >= 15 is 0 Å². The first-order chi connectivity index (χ1) is 16.4. The van der Waals surface area contributed by atoms with E-state index < -0.39 is 85.6 Å². The van der Waals surface area contributed by atoms with E-state index in [1.54, 1.807) is 0 Å². The van der Waals surface area contributed by atoms with Crippen molar-refractivity contribution in [3.63, 3.8) is 0 Å². The molecule has 0 unspecified atom stereocenters. The fourth-order valence-corrected chi connectivity index (χ4v) is 3.71. The summed E-state index contributed by atoms with van der Waals surface area (Å²) in [4.78, 5) is 58.2. The molecule has 9 atom stereocenters. The SMILES string of the molecule is CO[C@H](C=O)[C@H](O[C@H]1O[C@H](CO)[C@@H](OC(C)=O)[C@H](OC(C)=O)[C@H]1OC(C)=O)[C@@H](OBr)[C@H](O)C(=O)O. The lowest BCUT2D eigenvalue weighted by Gasteiger charge is -2.45. The minimum atomic E-state index is -2.25. The molecule has 0 radical (unpaired) electrons. The summed E-state index contributed by atoms with van der Waals surface area (Å²) in [6.07, 6.45) is -15.0. The van der Waals surface area contributed by atoms with Crippen LogP contribution in [0.1, 0.15) is 20.8 Å². The molecule has 15 nitrogen and oxygen atoms in total. The average Bonchev–Trinajstić information content (AvgIpc) is 2.77. The third-order valence-electron chi connectivity index (χ3n) is 4.69. The lowest BCUT2D eigenvalue weighted by Crippen LogP contribution is -2.64. The first-order valence-corrected chi connectivity index (χ1v) is 10.7. The highest BCUT2D eigenvalue weighted by Crippen LogP contribution is 2.31. The summed E-state index contributed by atoms with van der Waals surface area (Å²) in [6.45, 7) is 2.26. The summed E-state index contributed by atoms with van der Waals surface area (Å²) in [6, 6.07) is 0. The number of carbonyl (C=O) groups excluding carboxylic acids is 4. The highest BCUT2D eigenvalue weighted by atomic mass is 79.9. The van der Waals surface area contributed by atoms with Crippen LogP contribution in [0.2, 0.25) is 0 Å². The maximum Gasteiger partial charge on any atom is 0.335 e. The van der Waals surface area contributed by atoms with Crippen molar-refractivity contribution in [2.24, 2.45) is 0 Å². The van der Waals surface area contributed by atoms with Gasteiger partial charge in [0.15, 0.2) is 37.0 Å². The molecule has 0 bridgehead atoms. The molecule has 16 heteroatoms. The van der Waals surface area contributed by atoms with Gasteiger partial charge in [-0.15, -0.1) is 0 Å². The minimum absolute atomic E-state index is 0.219. The van der Waals surface area contributed by atoms with E-state index in [0.717, 1.165) is 27.9 Å². The fraction of sp³-hybridized carbons (Fsp3) is 0.737. The number of carbonyl (C=O) groups is 5. The summed E-state index contributed by atoms with van der Waals surface area (Å²) >= 11 is 2.57. The van der Waals surface area contributed by atoms with Crippen molar-refractivity contribution in [1.29, 1.82) is 0 Å². The number of esters is 3.